The van der Waals surface area contributed by atoms with Crippen molar-refractivity contribution >= 4 is 22.9 Å². The first-order chi connectivity index (χ1) is 26.7. The number of amides is 2. The largest absolute Gasteiger partial charge is 0.506 e. The molecule has 0 radical (unpaired) electrons. The summed E-state index contributed by atoms with van der Waals surface area (Å²) < 4.78 is 11.8. The van der Waals surface area contributed by atoms with E-state index in [9.17, 15) is 29.7 Å². The van der Waals surface area contributed by atoms with Crippen molar-refractivity contribution in [1.29, 1.82) is 0 Å². The number of aromatic amines is 1. The molecule has 288 valence electrons. The first-order valence-corrected chi connectivity index (χ1v) is 18.9. The molecule has 3 aliphatic rings. The fourth-order valence-corrected chi connectivity index (χ4v) is 7.72. The van der Waals surface area contributed by atoms with Crippen LogP contribution < -0.4 is 20.9 Å². The Morgan fingerprint density at radius 3 is 2.53 bits per heavy atom. The number of pyridine rings is 1. The fraction of sp³-hybridized carbons (Fsp3) is 0.357. The van der Waals surface area contributed by atoms with Crippen LogP contribution in [0.4, 0.5) is 4.79 Å². The highest BCUT2D eigenvalue weighted by Gasteiger charge is 2.39. The zero-order chi connectivity index (χ0) is 38.3. The fourth-order valence-electron chi connectivity index (χ4n) is 7.72. The van der Waals surface area contributed by atoms with E-state index < -0.39 is 12.2 Å². The third kappa shape index (κ3) is 9.19. The van der Waals surface area contributed by atoms with E-state index >= 15 is 0 Å². The summed E-state index contributed by atoms with van der Waals surface area (Å²) in [5, 5.41) is 37.6. The predicted molar refractivity (Wildman–Crippen MR) is 207 cm³/mol. The topological polar surface area (TPSA) is 181 Å². The van der Waals surface area contributed by atoms with E-state index in [1.54, 1.807) is 29.2 Å². The van der Waals surface area contributed by atoms with Gasteiger partial charge < -0.3 is 45.0 Å². The maximum absolute atomic E-state index is 12.7. The van der Waals surface area contributed by atoms with Crippen LogP contribution >= 0.6 is 0 Å². The third-order valence-corrected chi connectivity index (χ3v) is 10.7. The molecule has 0 aliphatic carbocycles. The van der Waals surface area contributed by atoms with Crippen LogP contribution in [0.3, 0.4) is 0 Å². The minimum Gasteiger partial charge on any atom is -0.506 e. The van der Waals surface area contributed by atoms with Gasteiger partial charge in [-0.2, -0.15) is 0 Å². The van der Waals surface area contributed by atoms with Crippen LogP contribution in [-0.2, 0) is 13.2 Å². The van der Waals surface area contributed by atoms with Crippen LogP contribution in [0.15, 0.2) is 94.1 Å². The summed E-state index contributed by atoms with van der Waals surface area (Å²) in [7, 11) is 0. The number of hydrogen-bond donors (Lipinski definition) is 6. The molecule has 0 spiro atoms. The molecule has 0 unspecified atom stereocenters. The zero-order valence-electron chi connectivity index (χ0n) is 30.6. The Bertz CT molecular complexity index is 2170. The second kappa shape index (κ2) is 17.2. The minimum atomic E-state index is -0.875. The Morgan fingerprint density at radius 1 is 0.964 bits per heavy atom. The van der Waals surface area contributed by atoms with E-state index in [4.69, 9.17) is 9.15 Å². The van der Waals surface area contributed by atoms with Crippen molar-refractivity contribution in [3.05, 3.63) is 118 Å². The number of nitrogens with one attached hydrogen (secondary N) is 3. The summed E-state index contributed by atoms with van der Waals surface area (Å²) >= 11 is 0. The van der Waals surface area contributed by atoms with Crippen LogP contribution in [0.1, 0.15) is 59.2 Å². The molecule has 3 aromatic carbocycles. The Hall–Kier alpha value is -5.63. The first-order valence-electron chi connectivity index (χ1n) is 18.9. The van der Waals surface area contributed by atoms with Crippen LogP contribution in [0.5, 0.6) is 11.5 Å². The van der Waals surface area contributed by atoms with Crippen molar-refractivity contribution in [2.24, 2.45) is 5.92 Å². The minimum absolute atomic E-state index is 0.0203. The number of ether oxygens (including phenoxy) is 1. The number of benzene rings is 3. The Labute approximate surface area is 318 Å². The summed E-state index contributed by atoms with van der Waals surface area (Å²) in [5.74, 6) is 1.39. The number of aliphatic hydroxyl groups excluding tert-OH is 1. The number of nitrogens with zero attached hydrogens (tertiary/aromatic N) is 2. The molecule has 3 aliphatic heterocycles. The van der Waals surface area contributed by atoms with E-state index in [0.717, 1.165) is 55.6 Å². The number of phenolic OH excluding ortho intramolecular Hbond substituents is 1. The number of unbranched alkanes of at least 4 members (excludes halogenated alkanes) is 1. The van der Waals surface area contributed by atoms with Crippen molar-refractivity contribution in [2.75, 3.05) is 39.3 Å². The Kier molecular flexibility index (Phi) is 11.8. The number of H-pyrrole nitrogens is 1. The maximum Gasteiger partial charge on any atom is 0.407 e. The lowest BCUT2D eigenvalue weighted by Crippen LogP contribution is -2.58. The van der Waals surface area contributed by atoms with Crippen LogP contribution in [0.25, 0.3) is 22.0 Å². The molecule has 2 bridgehead atoms. The molecular weight excluding hydrogens is 702 g/mol. The van der Waals surface area contributed by atoms with Gasteiger partial charge in [-0.3, -0.25) is 14.5 Å². The van der Waals surface area contributed by atoms with E-state index in [0.29, 0.717) is 59.9 Å². The quantitative estimate of drug-likeness (QED) is 0.0708. The molecule has 13 nitrogen and oxygen atoms in total. The monoisotopic (exact) mass is 749 g/mol. The molecule has 2 atom stereocenters. The van der Waals surface area contributed by atoms with Gasteiger partial charge in [0, 0.05) is 37.6 Å². The van der Waals surface area contributed by atoms with E-state index in [-0.39, 0.29) is 42.2 Å². The first kappa shape index (κ1) is 37.7. The highest BCUT2D eigenvalue weighted by Crippen LogP contribution is 2.33. The number of carbonyl (C=O) groups excluding carboxylic acids is 1. The standard InChI is InChI=1S/C42H47N5O8/c48-36-12-10-33(34-11-14-39(50)45-40(34)36)37(49)23-43-17-1-2-18-44-41(51)38-13-9-32(55-38)26-54-31-8-4-7-30(22-31)29-6-3-5-27(21-29)24-47(42(52)53)35-25-46-19-15-28(35)16-20-46/h3-14,21-22,28,35,37,43,48-49H,1-2,15-20,23-26H2,(H,44,51)(H,45,50)(H,52,53)/t35-,37-/m0/s1. The van der Waals surface area contributed by atoms with Crippen LogP contribution in [0.2, 0.25) is 0 Å². The Balaban J connectivity index is 0.839. The van der Waals surface area contributed by atoms with Gasteiger partial charge >= 0.3 is 6.09 Å². The van der Waals surface area contributed by atoms with Crippen molar-refractivity contribution < 1.29 is 34.1 Å². The van der Waals surface area contributed by atoms with Crippen LogP contribution in [0, 0.1) is 5.92 Å². The summed E-state index contributed by atoms with van der Waals surface area (Å²) in [6.45, 7) is 4.77. The normalized spacial score (nSPS) is 18.2. The zero-order valence-corrected chi connectivity index (χ0v) is 30.6. The van der Waals surface area contributed by atoms with Crippen molar-refractivity contribution in [1.82, 2.24) is 25.4 Å². The highest BCUT2D eigenvalue weighted by atomic mass is 16.5. The number of phenols is 1. The van der Waals surface area contributed by atoms with Gasteiger partial charge in [-0.25, -0.2) is 4.79 Å². The lowest BCUT2D eigenvalue weighted by atomic mass is 9.83. The lowest BCUT2D eigenvalue weighted by molar-refractivity contribution is 0.00733. The summed E-state index contributed by atoms with van der Waals surface area (Å²) in [4.78, 5) is 43.3. The van der Waals surface area contributed by atoms with Gasteiger partial charge in [0.2, 0.25) is 5.56 Å². The maximum atomic E-state index is 12.7. The summed E-state index contributed by atoms with van der Waals surface area (Å²) in [6, 6.07) is 25.1. The van der Waals surface area contributed by atoms with Gasteiger partial charge in [-0.05, 0) is 116 Å². The van der Waals surface area contributed by atoms with Gasteiger partial charge in [-0.1, -0.05) is 36.4 Å². The Morgan fingerprint density at radius 2 is 1.75 bits per heavy atom. The number of aliphatic hydroxyl groups is 1. The van der Waals surface area contributed by atoms with Crippen molar-refractivity contribution in [3.63, 3.8) is 0 Å². The number of furan rings is 1. The summed E-state index contributed by atoms with van der Waals surface area (Å²) in [5.41, 5.74) is 3.42. The van der Waals surface area contributed by atoms with Crippen LogP contribution in [-0.4, -0.2) is 87.4 Å². The molecule has 3 fully saturated rings. The van der Waals surface area contributed by atoms with E-state index in [1.807, 2.05) is 48.5 Å². The molecular formula is C42H47N5O8. The number of aromatic nitrogens is 1. The molecule has 3 saturated heterocycles. The average Bonchev–Trinajstić information content (AvgIpc) is 3.69. The smallest absolute Gasteiger partial charge is 0.407 e. The molecule has 55 heavy (non-hydrogen) atoms. The number of fused-ring (bicyclic) bond motifs is 4. The molecule has 2 amide bonds. The van der Waals surface area contributed by atoms with Gasteiger partial charge in [0.25, 0.3) is 5.91 Å². The second-order valence-electron chi connectivity index (χ2n) is 14.4. The number of carbonyl (C=O) groups is 2. The highest BCUT2D eigenvalue weighted by molar-refractivity contribution is 5.91. The van der Waals surface area contributed by atoms with Gasteiger partial charge in [-0.15, -0.1) is 0 Å². The van der Waals surface area contributed by atoms with Gasteiger partial charge in [0.05, 0.1) is 17.7 Å². The van der Waals surface area contributed by atoms with E-state index in [2.05, 4.69) is 20.5 Å². The number of piperidine rings is 3. The number of rotatable bonds is 16. The van der Waals surface area contributed by atoms with Gasteiger partial charge in [0.1, 0.15) is 23.9 Å². The molecule has 0 saturated carbocycles. The average molecular weight is 750 g/mol. The number of aromatic hydroxyl groups is 1. The molecule has 6 N–H and O–H groups in total. The molecule has 13 heteroatoms. The molecule has 5 aromatic rings. The third-order valence-electron chi connectivity index (χ3n) is 10.7. The SMILES string of the molecule is O=C(NCCCCNC[C@H](O)c1ccc(O)c2[nH]c(=O)ccc12)c1ccc(COc2cccc(-c3cccc(CN(C(=O)O)[C@H]4CN5CCC4CC5)c3)c2)o1. The van der Waals surface area contributed by atoms with Gasteiger partial charge in [0.15, 0.2) is 5.76 Å². The van der Waals surface area contributed by atoms with Crippen molar-refractivity contribution in [2.45, 2.75) is 51.0 Å². The molecule has 2 aromatic heterocycles. The predicted octanol–water partition coefficient (Wildman–Crippen LogP) is 5.48. The molecule has 5 heterocycles. The van der Waals surface area contributed by atoms with E-state index in [1.165, 1.54) is 12.1 Å². The lowest BCUT2D eigenvalue weighted by Gasteiger charge is -2.48. The molecule has 8 rings (SSSR count). The second-order valence-corrected chi connectivity index (χ2v) is 14.4. The number of hydrogen-bond acceptors (Lipinski definition) is 9. The van der Waals surface area contributed by atoms with Crippen molar-refractivity contribution in [3.8, 4) is 22.6 Å². The summed E-state index contributed by atoms with van der Waals surface area (Å²) in [6.07, 6.45) is 1.87. The number of carboxylic acid groups (broad SMARTS) is 1.